The molecule has 0 aliphatic carbocycles. The SMILES string of the molecule is C#CCCN1CCN(C(=O)c2ccccc2-n2ccnn2)CC1. The molecule has 1 aromatic carbocycles. The van der Waals surface area contributed by atoms with Crippen molar-refractivity contribution in [3.63, 3.8) is 0 Å². The monoisotopic (exact) mass is 309 g/mol. The number of hydrogen-bond acceptors (Lipinski definition) is 4. The molecule has 0 unspecified atom stereocenters. The Balaban J connectivity index is 1.72. The van der Waals surface area contributed by atoms with Gasteiger partial charge in [-0.1, -0.05) is 17.3 Å². The van der Waals surface area contributed by atoms with Gasteiger partial charge in [0.15, 0.2) is 0 Å². The molecule has 0 bridgehead atoms. The summed E-state index contributed by atoms with van der Waals surface area (Å²) in [7, 11) is 0. The van der Waals surface area contributed by atoms with Gasteiger partial charge < -0.3 is 4.90 Å². The van der Waals surface area contributed by atoms with Crippen molar-refractivity contribution < 1.29 is 4.79 Å². The number of carbonyl (C=O) groups excluding carboxylic acids is 1. The maximum atomic E-state index is 12.9. The first kappa shape index (κ1) is 15.3. The van der Waals surface area contributed by atoms with Crippen molar-refractivity contribution in [2.45, 2.75) is 6.42 Å². The van der Waals surface area contributed by atoms with E-state index in [9.17, 15) is 4.79 Å². The normalized spacial score (nSPS) is 15.3. The molecule has 3 rings (SSSR count). The molecule has 0 radical (unpaired) electrons. The molecule has 1 aliphatic heterocycles. The molecular formula is C17H19N5O. The minimum Gasteiger partial charge on any atom is -0.336 e. The summed E-state index contributed by atoms with van der Waals surface area (Å²) in [5, 5.41) is 7.80. The molecule has 1 fully saturated rings. The van der Waals surface area contributed by atoms with Crippen molar-refractivity contribution in [1.82, 2.24) is 24.8 Å². The highest BCUT2D eigenvalue weighted by Crippen LogP contribution is 2.16. The fourth-order valence-corrected chi connectivity index (χ4v) is 2.76. The third-order valence-corrected chi connectivity index (χ3v) is 4.04. The Bertz CT molecular complexity index is 696. The van der Waals surface area contributed by atoms with Crippen LogP contribution in [0, 0.1) is 12.3 Å². The van der Waals surface area contributed by atoms with E-state index in [1.165, 1.54) is 0 Å². The maximum absolute atomic E-state index is 12.9. The van der Waals surface area contributed by atoms with Gasteiger partial charge in [-0.2, -0.15) is 0 Å². The zero-order valence-corrected chi connectivity index (χ0v) is 12.9. The van der Waals surface area contributed by atoms with Gasteiger partial charge in [0.2, 0.25) is 0 Å². The summed E-state index contributed by atoms with van der Waals surface area (Å²) in [6, 6.07) is 7.48. The summed E-state index contributed by atoms with van der Waals surface area (Å²) in [6.45, 7) is 4.05. The Kier molecular flexibility index (Phi) is 4.69. The highest BCUT2D eigenvalue weighted by molar-refractivity contribution is 5.97. The molecule has 1 saturated heterocycles. The van der Waals surface area contributed by atoms with E-state index in [0.29, 0.717) is 5.56 Å². The number of piperazine rings is 1. The van der Waals surface area contributed by atoms with Crippen LogP contribution in [-0.2, 0) is 0 Å². The number of amides is 1. The summed E-state index contributed by atoms with van der Waals surface area (Å²) in [6.07, 6.45) is 9.40. The van der Waals surface area contributed by atoms with E-state index in [2.05, 4.69) is 21.1 Å². The van der Waals surface area contributed by atoms with Crippen LogP contribution < -0.4 is 0 Å². The Morgan fingerprint density at radius 2 is 2.00 bits per heavy atom. The van der Waals surface area contributed by atoms with E-state index in [1.807, 2.05) is 29.2 Å². The van der Waals surface area contributed by atoms with Crippen LogP contribution in [0.4, 0.5) is 0 Å². The summed E-state index contributed by atoms with van der Waals surface area (Å²) in [5.41, 5.74) is 1.40. The average molecular weight is 309 g/mol. The Morgan fingerprint density at radius 1 is 1.22 bits per heavy atom. The highest BCUT2D eigenvalue weighted by atomic mass is 16.2. The Labute approximate surface area is 135 Å². The van der Waals surface area contributed by atoms with E-state index in [0.717, 1.165) is 44.8 Å². The fourth-order valence-electron chi connectivity index (χ4n) is 2.76. The lowest BCUT2D eigenvalue weighted by Crippen LogP contribution is -2.49. The highest BCUT2D eigenvalue weighted by Gasteiger charge is 2.23. The van der Waals surface area contributed by atoms with Crippen LogP contribution in [0.25, 0.3) is 5.69 Å². The van der Waals surface area contributed by atoms with Gasteiger partial charge in [0, 0.05) is 39.1 Å². The Morgan fingerprint density at radius 3 is 2.70 bits per heavy atom. The number of carbonyl (C=O) groups is 1. The largest absolute Gasteiger partial charge is 0.336 e. The molecule has 0 saturated carbocycles. The van der Waals surface area contributed by atoms with E-state index < -0.39 is 0 Å². The first-order valence-electron chi connectivity index (χ1n) is 7.70. The molecule has 2 aromatic rings. The fraction of sp³-hybridized carbons (Fsp3) is 0.353. The second kappa shape index (κ2) is 7.07. The maximum Gasteiger partial charge on any atom is 0.256 e. The summed E-state index contributed by atoms with van der Waals surface area (Å²) in [5.74, 6) is 2.69. The standard InChI is InChI=1S/C17H19N5O/c1-2-3-9-20-11-13-21(14-12-20)17(23)15-6-4-5-7-16(15)22-10-8-18-19-22/h1,4-8,10H,3,9,11-14H2. The molecule has 0 atom stereocenters. The number of nitrogens with zero attached hydrogens (tertiary/aromatic N) is 5. The molecule has 23 heavy (non-hydrogen) atoms. The van der Waals surface area contributed by atoms with Crippen LogP contribution in [0.1, 0.15) is 16.8 Å². The van der Waals surface area contributed by atoms with Crippen molar-refractivity contribution >= 4 is 5.91 Å². The number of terminal acetylenes is 1. The molecular weight excluding hydrogens is 290 g/mol. The lowest BCUT2D eigenvalue weighted by molar-refractivity contribution is 0.0639. The number of hydrogen-bond donors (Lipinski definition) is 0. The van der Waals surface area contributed by atoms with Gasteiger partial charge in [-0.15, -0.1) is 17.4 Å². The van der Waals surface area contributed by atoms with Crippen molar-refractivity contribution in [1.29, 1.82) is 0 Å². The third-order valence-electron chi connectivity index (χ3n) is 4.04. The first-order chi connectivity index (χ1) is 11.3. The smallest absolute Gasteiger partial charge is 0.256 e. The molecule has 0 N–H and O–H groups in total. The van der Waals surface area contributed by atoms with Gasteiger partial charge in [-0.05, 0) is 12.1 Å². The summed E-state index contributed by atoms with van der Waals surface area (Å²) >= 11 is 0. The van der Waals surface area contributed by atoms with Crippen molar-refractivity contribution in [2.75, 3.05) is 32.7 Å². The molecule has 1 aliphatic rings. The summed E-state index contributed by atoms with van der Waals surface area (Å²) in [4.78, 5) is 17.0. The van der Waals surface area contributed by atoms with Crippen molar-refractivity contribution in [2.24, 2.45) is 0 Å². The van der Waals surface area contributed by atoms with Crippen LogP contribution in [0.5, 0.6) is 0 Å². The Hall–Kier alpha value is -2.65. The van der Waals surface area contributed by atoms with Crippen molar-refractivity contribution in [3.05, 3.63) is 42.2 Å². The quantitative estimate of drug-likeness (QED) is 0.792. The van der Waals surface area contributed by atoms with E-state index in [-0.39, 0.29) is 5.91 Å². The number of aromatic nitrogens is 3. The van der Waals surface area contributed by atoms with E-state index in [1.54, 1.807) is 17.1 Å². The van der Waals surface area contributed by atoms with Crippen LogP contribution in [0.2, 0.25) is 0 Å². The van der Waals surface area contributed by atoms with Gasteiger partial charge in [0.05, 0.1) is 23.6 Å². The number of para-hydroxylation sites is 1. The molecule has 6 nitrogen and oxygen atoms in total. The van der Waals surface area contributed by atoms with Crippen molar-refractivity contribution in [3.8, 4) is 18.0 Å². The zero-order valence-electron chi connectivity index (χ0n) is 12.9. The molecule has 2 heterocycles. The predicted octanol–water partition coefficient (Wildman–Crippen LogP) is 1.05. The van der Waals surface area contributed by atoms with Crippen LogP contribution in [0.15, 0.2) is 36.7 Å². The lowest BCUT2D eigenvalue weighted by atomic mass is 10.1. The van der Waals surface area contributed by atoms with Gasteiger partial charge in [-0.3, -0.25) is 9.69 Å². The molecule has 6 heteroatoms. The third kappa shape index (κ3) is 3.41. The van der Waals surface area contributed by atoms with Gasteiger partial charge in [-0.25, -0.2) is 4.68 Å². The summed E-state index contributed by atoms with van der Waals surface area (Å²) < 4.78 is 1.62. The second-order valence-corrected chi connectivity index (χ2v) is 5.45. The van der Waals surface area contributed by atoms with Gasteiger partial charge >= 0.3 is 0 Å². The first-order valence-corrected chi connectivity index (χ1v) is 7.70. The molecule has 0 spiro atoms. The predicted molar refractivity (Wildman–Crippen MR) is 87.2 cm³/mol. The molecule has 1 aromatic heterocycles. The lowest BCUT2D eigenvalue weighted by Gasteiger charge is -2.34. The average Bonchev–Trinajstić information content (AvgIpc) is 3.14. The minimum atomic E-state index is 0.0349. The zero-order chi connectivity index (χ0) is 16.1. The van der Waals surface area contributed by atoms with Crippen LogP contribution >= 0.6 is 0 Å². The van der Waals surface area contributed by atoms with Gasteiger partial charge in [0.25, 0.3) is 5.91 Å². The minimum absolute atomic E-state index is 0.0349. The second-order valence-electron chi connectivity index (χ2n) is 5.45. The molecule has 118 valence electrons. The van der Waals surface area contributed by atoms with Gasteiger partial charge in [0.1, 0.15) is 0 Å². The van der Waals surface area contributed by atoms with Crippen LogP contribution in [0.3, 0.4) is 0 Å². The number of rotatable bonds is 4. The molecule has 1 amide bonds. The van der Waals surface area contributed by atoms with Crippen LogP contribution in [-0.4, -0.2) is 63.4 Å². The number of benzene rings is 1. The van der Waals surface area contributed by atoms with E-state index >= 15 is 0 Å². The van der Waals surface area contributed by atoms with E-state index in [4.69, 9.17) is 6.42 Å². The topological polar surface area (TPSA) is 54.3 Å².